The van der Waals surface area contributed by atoms with Gasteiger partial charge >= 0.3 is 6.03 Å². The molecule has 0 saturated carbocycles. The number of carbonyl (C=O) groups is 1. The molecule has 2 amide bonds. The normalized spacial score (nSPS) is 10.8. The van der Waals surface area contributed by atoms with Gasteiger partial charge in [-0.05, 0) is 37.3 Å². The van der Waals surface area contributed by atoms with Crippen molar-refractivity contribution in [1.29, 1.82) is 0 Å². The van der Waals surface area contributed by atoms with E-state index in [1.54, 1.807) is 43.3 Å². The van der Waals surface area contributed by atoms with Crippen LogP contribution in [0.25, 0.3) is 0 Å². The highest BCUT2D eigenvalue weighted by Gasteiger charge is 2.07. The van der Waals surface area contributed by atoms with E-state index < -0.39 is 16.1 Å². The lowest BCUT2D eigenvalue weighted by Gasteiger charge is -2.09. The summed E-state index contributed by atoms with van der Waals surface area (Å²) in [6, 6.07) is 9.18. The third-order valence-corrected chi connectivity index (χ3v) is 4.31. The van der Waals surface area contributed by atoms with Gasteiger partial charge < -0.3 is 15.4 Å². The molecule has 0 radical (unpaired) electrons. The first-order valence-electron chi connectivity index (χ1n) is 7.10. The fourth-order valence-electron chi connectivity index (χ4n) is 1.74. The fourth-order valence-corrected chi connectivity index (χ4v) is 2.38. The van der Waals surface area contributed by atoms with Gasteiger partial charge in [0.1, 0.15) is 0 Å². The van der Waals surface area contributed by atoms with Gasteiger partial charge in [0.2, 0.25) is 15.9 Å². The second-order valence-corrected chi connectivity index (χ2v) is 6.76. The van der Waals surface area contributed by atoms with Crippen molar-refractivity contribution in [3.05, 3.63) is 42.6 Å². The molecule has 1 aromatic heterocycles. The van der Waals surface area contributed by atoms with E-state index in [-0.39, 0.29) is 5.75 Å². The number of nitrogens with zero attached hydrogens (tertiary/aromatic N) is 1. The van der Waals surface area contributed by atoms with Crippen LogP contribution in [0.5, 0.6) is 5.88 Å². The molecule has 2 rings (SSSR count). The first kappa shape index (κ1) is 17.5. The number of urea groups is 1. The van der Waals surface area contributed by atoms with Crippen LogP contribution in [0.15, 0.2) is 42.6 Å². The van der Waals surface area contributed by atoms with Crippen molar-refractivity contribution in [3.63, 3.8) is 0 Å². The molecule has 128 valence electrons. The number of amides is 2. The lowest BCUT2D eigenvalue weighted by Crippen LogP contribution is -2.19. The number of ether oxygens (including phenoxy) is 1. The van der Waals surface area contributed by atoms with Gasteiger partial charge in [0.15, 0.2) is 0 Å². The van der Waals surface area contributed by atoms with E-state index in [1.165, 1.54) is 13.3 Å². The van der Waals surface area contributed by atoms with Gasteiger partial charge in [-0.15, -0.1) is 0 Å². The summed E-state index contributed by atoms with van der Waals surface area (Å²) in [5.41, 5.74) is 1.47. The Morgan fingerprint density at radius 2 is 1.62 bits per heavy atom. The number of anilines is 3. The number of hydrogen-bond donors (Lipinski definition) is 3. The quantitative estimate of drug-likeness (QED) is 0.741. The summed E-state index contributed by atoms with van der Waals surface area (Å²) >= 11 is 0. The maximum absolute atomic E-state index is 11.9. The smallest absolute Gasteiger partial charge is 0.323 e. The van der Waals surface area contributed by atoms with Crippen molar-refractivity contribution in [1.82, 2.24) is 4.98 Å². The van der Waals surface area contributed by atoms with E-state index >= 15 is 0 Å². The van der Waals surface area contributed by atoms with Crippen LogP contribution < -0.4 is 20.1 Å². The van der Waals surface area contributed by atoms with Gasteiger partial charge in [-0.25, -0.2) is 18.2 Å². The van der Waals surface area contributed by atoms with E-state index in [1.807, 2.05) is 0 Å². The summed E-state index contributed by atoms with van der Waals surface area (Å²) in [5.74, 6) is 0.441. The highest BCUT2D eigenvalue weighted by molar-refractivity contribution is 7.92. The van der Waals surface area contributed by atoms with Gasteiger partial charge in [-0.2, -0.15) is 0 Å². The van der Waals surface area contributed by atoms with Gasteiger partial charge in [0.25, 0.3) is 0 Å². The van der Waals surface area contributed by atoms with E-state index in [2.05, 4.69) is 20.3 Å². The molecule has 0 aliphatic rings. The van der Waals surface area contributed by atoms with E-state index in [9.17, 15) is 13.2 Å². The Balaban J connectivity index is 1.94. The van der Waals surface area contributed by atoms with Crippen LogP contribution in [0, 0.1) is 0 Å². The van der Waals surface area contributed by atoms with Crippen molar-refractivity contribution in [2.75, 3.05) is 28.2 Å². The van der Waals surface area contributed by atoms with Crippen molar-refractivity contribution < 1.29 is 17.9 Å². The number of carbonyl (C=O) groups excluding carboxylic acids is 1. The summed E-state index contributed by atoms with van der Waals surface area (Å²) in [6.45, 7) is 1.55. The molecule has 0 saturated heterocycles. The number of benzene rings is 1. The van der Waals surface area contributed by atoms with Crippen LogP contribution in [0.2, 0.25) is 0 Å². The highest BCUT2D eigenvalue weighted by Crippen LogP contribution is 2.16. The zero-order valence-electron chi connectivity index (χ0n) is 13.2. The topological polar surface area (TPSA) is 109 Å². The van der Waals surface area contributed by atoms with Gasteiger partial charge in [-0.1, -0.05) is 0 Å². The molecule has 0 bridgehead atoms. The molecule has 0 aliphatic carbocycles. The van der Waals surface area contributed by atoms with E-state index in [0.29, 0.717) is 22.9 Å². The monoisotopic (exact) mass is 350 g/mol. The zero-order valence-corrected chi connectivity index (χ0v) is 14.1. The number of methoxy groups -OCH3 is 1. The third-order valence-electron chi connectivity index (χ3n) is 3.00. The van der Waals surface area contributed by atoms with Crippen molar-refractivity contribution in [2.24, 2.45) is 0 Å². The molecule has 1 heterocycles. The van der Waals surface area contributed by atoms with Gasteiger partial charge in [0.05, 0.1) is 24.7 Å². The molecular formula is C15H18N4O4S. The minimum absolute atomic E-state index is 0.00863. The first-order valence-corrected chi connectivity index (χ1v) is 8.75. The van der Waals surface area contributed by atoms with Crippen LogP contribution in [-0.2, 0) is 10.0 Å². The molecule has 0 unspecified atom stereocenters. The molecular weight excluding hydrogens is 332 g/mol. The largest absolute Gasteiger partial charge is 0.481 e. The number of aromatic nitrogens is 1. The predicted octanol–water partition coefficient (Wildman–Crippen LogP) is 2.50. The lowest BCUT2D eigenvalue weighted by atomic mass is 10.3. The van der Waals surface area contributed by atoms with Crippen LogP contribution in [0.1, 0.15) is 6.92 Å². The lowest BCUT2D eigenvalue weighted by molar-refractivity contribution is 0.262. The Kier molecular flexibility index (Phi) is 5.59. The first-order chi connectivity index (χ1) is 11.4. The summed E-state index contributed by atoms with van der Waals surface area (Å²) < 4.78 is 30.3. The average molecular weight is 350 g/mol. The van der Waals surface area contributed by atoms with Crippen molar-refractivity contribution in [3.8, 4) is 5.88 Å². The second-order valence-electron chi connectivity index (χ2n) is 4.75. The molecule has 24 heavy (non-hydrogen) atoms. The van der Waals surface area contributed by atoms with E-state index in [4.69, 9.17) is 4.74 Å². The average Bonchev–Trinajstić information content (AvgIpc) is 2.57. The van der Waals surface area contributed by atoms with E-state index in [0.717, 1.165) is 0 Å². The minimum Gasteiger partial charge on any atom is -0.481 e. The molecule has 8 nitrogen and oxygen atoms in total. The predicted molar refractivity (Wildman–Crippen MR) is 93.0 cm³/mol. The van der Waals surface area contributed by atoms with Crippen LogP contribution in [0.4, 0.5) is 21.9 Å². The second kappa shape index (κ2) is 7.64. The Morgan fingerprint density at radius 3 is 2.17 bits per heavy atom. The molecule has 0 atom stereocenters. The number of rotatable bonds is 6. The number of pyridine rings is 1. The number of hydrogen-bond acceptors (Lipinski definition) is 5. The Hall–Kier alpha value is -2.81. The summed E-state index contributed by atoms with van der Waals surface area (Å²) in [6.07, 6.45) is 1.47. The minimum atomic E-state index is -3.32. The van der Waals surface area contributed by atoms with Crippen molar-refractivity contribution in [2.45, 2.75) is 6.92 Å². The van der Waals surface area contributed by atoms with Gasteiger partial charge in [0, 0.05) is 17.4 Å². The SMILES string of the molecule is CCS(=O)(=O)Nc1ccc(NC(=O)Nc2ccc(OC)nc2)cc1. The Morgan fingerprint density at radius 1 is 1.04 bits per heavy atom. The zero-order chi connectivity index (χ0) is 17.6. The number of nitrogens with one attached hydrogen (secondary N) is 3. The molecule has 3 N–H and O–H groups in total. The van der Waals surface area contributed by atoms with Crippen LogP contribution >= 0.6 is 0 Å². The summed E-state index contributed by atoms with van der Waals surface area (Å²) in [4.78, 5) is 15.9. The number of sulfonamides is 1. The maximum atomic E-state index is 11.9. The fraction of sp³-hybridized carbons (Fsp3) is 0.200. The molecule has 1 aromatic carbocycles. The molecule has 0 aliphatic heterocycles. The van der Waals surface area contributed by atoms with Crippen molar-refractivity contribution >= 4 is 33.1 Å². The highest BCUT2D eigenvalue weighted by atomic mass is 32.2. The maximum Gasteiger partial charge on any atom is 0.323 e. The molecule has 0 spiro atoms. The summed E-state index contributed by atoms with van der Waals surface area (Å²) in [7, 11) is -1.82. The Bertz CT molecular complexity index is 789. The van der Waals surface area contributed by atoms with Gasteiger partial charge in [-0.3, -0.25) is 4.72 Å². The standard InChI is InChI=1S/C15H18N4O4S/c1-3-24(21,22)19-12-6-4-11(5-7-12)17-15(20)18-13-8-9-14(23-2)16-10-13/h4-10,19H,3H2,1-2H3,(H2,17,18,20). The molecule has 9 heteroatoms. The molecule has 0 fully saturated rings. The Labute approximate surface area is 140 Å². The molecule has 2 aromatic rings. The summed E-state index contributed by atoms with van der Waals surface area (Å²) in [5, 5.41) is 5.26. The third kappa shape index (κ3) is 5.13. The van der Waals surface area contributed by atoms with Crippen LogP contribution in [-0.4, -0.2) is 32.3 Å². The van der Waals surface area contributed by atoms with Crippen LogP contribution in [0.3, 0.4) is 0 Å².